The van der Waals surface area contributed by atoms with Crippen LogP contribution in [0.2, 0.25) is 0 Å². The Labute approximate surface area is 200 Å². The highest BCUT2D eigenvalue weighted by Crippen LogP contribution is 2.40. The Balaban J connectivity index is 1.57. The number of nitrogens with one attached hydrogen (secondary N) is 2. The second-order valence-electron chi connectivity index (χ2n) is 8.31. The number of hydrogen-bond acceptors (Lipinski definition) is 8. The standard InChI is InChI=1S/C23H28N2O6S2/c1-12(2)31-23(29)20-15-7-5-13(3)9-17(15)33-22(20)25-18(26)11-30-19(27)10-24-21(28)16-8-6-14(4)32-16/h6,8,12-13H,5,7,9-11H2,1-4H3,(H,24,28)(H,25,26). The minimum absolute atomic E-state index is 0.284. The van der Waals surface area contributed by atoms with E-state index in [4.69, 9.17) is 9.47 Å². The van der Waals surface area contributed by atoms with Crippen molar-refractivity contribution in [1.82, 2.24) is 5.32 Å². The number of rotatable bonds is 8. The van der Waals surface area contributed by atoms with E-state index in [2.05, 4.69) is 17.6 Å². The summed E-state index contributed by atoms with van der Waals surface area (Å²) in [6, 6.07) is 3.49. The molecule has 2 N–H and O–H groups in total. The van der Waals surface area contributed by atoms with E-state index >= 15 is 0 Å². The van der Waals surface area contributed by atoms with Crippen LogP contribution in [0.4, 0.5) is 5.00 Å². The predicted molar refractivity (Wildman–Crippen MR) is 127 cm³/mol. The third kappa shape index (κ3) is 6.64. The van der Waals surface area contributed by atoms with Gasteiger partial charge in [0.05, 0.1) is 16.5 Å². The van der Waals surface area contributed by atoms with Crippen molar-refractivity contribution < 1.29 is 28.7 Å². The summed E-state index contributed by atoms with van der Waals surface area (Å²) in [6.07, 6.45) is 2.28. The summed E-state index contributed by atoms with van der Waals surface area (Å²) in [5.74, 6) is -1.63. The van der Waals surface area contributed by atoms with Gasteiger partial charge in [-0.05, 0) is 63.6 Å². The first-order valence-corrected chi connectivity index (χ1v) is 12.4. The van der Waals surface area contributed by atoms with Crippen LogP contribution in [0.1, 0.15) is 62.5 Å². The van der Waals surface area contributed by atoms with Crippen molar-refractivity contribution in [2.24, 2.45) is 5.92 Å². The summed E-state index contributed by atoms with van der Waals surface area (Å²) in [5.41, 5.74) is 1.33. The van der Waals surface area contributed by atoms with Gasteiger partial charge in [-0.25, -0.2) is 4.79 Å². The molecule has 0 radical (unpaired) electrons. The van der Waals surface area contributed by atoms with Gasteiger partial charge in [0.15, 0.2) is 6.61 Å². The highest BCUT2D eigenvalue weighted by atomic mass is 32.1. The average Bonchev–Trinajstić information content (AvgIpc) is 3.32. The summed E-state index contributed by atoms with van der Waals surface area (Å²) in [5, 5.41) is 5.59. The van der Waals surface area contributed by atoms with E-state index in [1.807, 2.05) is 13.0 Å². The van der Waals surface area contributed by atoms with Crippen LogP contribution < -0.4 is 10.6 Å². The van der Waals surface area contributed by atoms with Gasteiger partial charge in [-0.3, -0.25) is 14.4 Å². The van der Waals surface area contributed by atoms with Gasteiger partial charge < -0.3 is 20.1 Å². The second kappa shape index (κ2) is 10.9. The Hall–Kier alpha value is -2.72. The lowest BCUT2D eigenvalue weighted by Gasteiger charge is -2.18. The summed E-state index contributed by atoms with van der Waals surface area (Å²) >= 11 is 2.69. The fourth-order valence-electron chi connectivity index (χ4n) is 3.48. The zero-order valence-electron chi connectivity index (χ0n) is 19.1. The number of carbonyl (C=O) groups is 4. The van der Waals surface area contributed by atoms with E-state index in [-0.39, 0.29) is 18.6 Å². The molecule has 1 aliphatic carbocycles. The number of thiophene rings is 2. The van der Waals surface area contributed by atoms with Gasteiger partial charge in [0.1, 0.15) is 11.5 Å². The SMILES string of the molecule is Cc1ccc(C(=O)NCC(=O)OCC(=O)Nc2sc3c(c2C(=O)OC(C)C)CCC(C)C3)s1. The maximum Gasteiger partial charge on any atom is 0.341 e. The number of anilines is 1. The van der Waals surface area contributed by atoms with E-state index in [0.29, 0.717) is 21.4 Å². The normalized spacial score (nSPS) is 15.0. The molecule has 0 fully saturated rings. The van der Waals surface area contributed by atoms with E-state index in [1.54, 1.807) is 19.9 Å². The van der Waals surface area contributed by atoms with Crippen LogP contribution in [0.15, 0.2) is 12.1 Å². The Morgan fingerprint density at radius 3 is 2.61 bits per heavy atom. The molecule has 2 aromatic heterocycles. The van der Waals surface area contributed by atoms with Gasteiger partial charge in [-0.15, -0.1) is 22.7 Å². The molecule has 0 bridgehead atoms. The van der Waals surface area contributed by atoms with Crippen molar-refractivity contribution in [2.75, 3.05) is 18.5 Å². The molecule has 2 aromatic rings. The molecule has 33 heavy (non-hydrogen) atoms. The van der Waals surface area contributed by atoms with E-state index < -0.39 is 24.5 Å². The third-order valence-corrected chi connectivity index (χ3v) is 7.20. The van der Waals surface area contributed by atoms with Crippen LogP contribution in [-0.2, 0) is 31.9 Å². The third-order valence-electron chi connectivity index (χ3n) is 5.03. The molecule has 0 spiro atoms. The average molecular weight is 493 g/mol. The fraction of sp³-hybridized carbons (Fsp3) is 0.478. The van der Waals surface area contributed by atoms with Crippen molar-refractivity contribution in [1.29, 1.82) is 0 Å². The molecule has 0 saturated carbocycles. The lowest BCUT2D eigenvalue weighted by molar-refractivity contribution is -0.146. The molecule has 3 rings (SSSR count). The Morgan fingerprint density at radius 2 is 1.94 bits per heavy atom. The van der Waals surface area contributed by atoms with Gasteiger partial charge in [-0.1, -0.05) is 6.92 Å². The van der Waals surface area contributed by atoms with Crippen molar-refractivity contribution in [3.8, 4) is 0 Å². The summed E-state index contributed by atoms with van der Waals surface area (Å²) in [4.78, 5) is 51.7. The molecule has 2 heterocycles. The molecule has 178 valence electrons. The molecular weight excluding hydrogens is 464 g/mol. The molecule has 0 aromatic carbocycles. The van der Waals surface area contributed by atoms with Crippen LogP contribution in [0.5, 0.6) is 0 Å². The topological polar surface area (TPSA) is 111 Å². The number of esters is 2. The maximum atomic E-state index is 12.7. The summed E-state index contributed by atoms with van der Waals surface area (Å²) < 4.78 is 10.4. The zero-order valence-corrected chi connectivity index (χ0v) is 20.7. The van der Waals surface area contributed by atoms with Gasteiger partial charge in [0, 0.05) is 9.75 Å². The molecule has 0 aliphatic heterocycles. The van der Waals surface area contributed by atoms with Gasteiger partial charge in [0.25, 0.3) is 11.8 Å². The van der Waals surface area contributed by atoms with Crippen molar-refractivity contribution in [3.05, 3.63) is 37.9 Å². The summed E-state index contributed by atoms with van der Waals surface area (Å²) in [6.45, 7) is 6.71. The smallest absolute Gasteiger partial charge is 0.341 e. The highest BCUT2D eigenvalue weighted by Gasteiger charge is 2.29. The molecule has 1 atom stereocenters. The Bertz CT molecular complexity index is 1060. The number of aryl methyl sites for hydroxylation is 1. The highest BCUT2D eigenvalue weighted by molar-refractivity contribution is 7.17. The minimum atomic E-state index is -0.731. The zero-order chi connectivity index (χ0) is 24.1. The first-order valence-electron chi connectivity index (χ1n) is 10.8. The first kappa shape index (κ1) is 24.9. The minimum Gasteiger partial charge on any atom is -0.459 e. The quantitative estimate of drug-likeness (QED) is 0.544. The van der Waals surface area contributed by atoms with Crippen molar-refractivity contribution in [3.63, 3.8) is 0 Å². The van der Waals surface area contributed by atoms with Gasteiger partial charge >= 0.3 is 11.9 Å². The molecule has 10 heteroatoms. The largest absolute Gasteiger partial charge is 0.459 e. The lowest BCUT2D eigenvalue weighted by atomic mass is 9.88. The number of fused-ring (bicyclic) bond motifs is 1. The number of amides is 2. The Morgan fingerprint density at radius 1 is 1.18 bits per heavy atom. The number of carbonyl (C=O) groups excluding carboxylic acids is 4. The molecule has 0 saturated heterocycles. The Kier molecular flexibility index (Phi) is 8.25. The van der Waals surface area contributed by atoms with Crippen LogP contribution in [0.25, 0.3) is 0 Å². The van der Waals surface area contributed by atoms with Crippen LogP contribution in [-0.4, -0.2) is 43.0 Å². The molecule has 2 amide bonds. The monoisotopic (exact) mass is 492 g/mol. The van der Waals surface area contributed by atoms with Crippen LogP contribution in [0, 0.1) is 12.8 Å². The van der Waals surface area contributed by atoms with E-state index in [9.17, 15) is 19.2 Å². The van der Waals surface area contributed by atoms with Crippen LogP contribution in [0.3, 0.4) is 0 Å². The maximum absolute atomic E-state index is 12.7. The molecule has 1 unspecified atom stereocenters. The van der Waals surface area contributed by atoms with Crippen LogP contribution >= 0.6 is 22.7 Å². The molecule has 1 aliphatic rings. The molecule has 8 nitrogen and oxygen atoms in total. The van der Waals surface area contributed by atoms with E-state index in [1.165, 1.54) is 22.7 Å². The van der Waals surface area contributed by atoms with Crippen molar-refractivity contribution >= 4 is 51.4 Å². The summed E-state index contributed by atoms with van der Waals surface area (Å²) in [7, 11) is 0. The lowest BCUT2D eigenvalue weighted by Crippen LogP contribution is -2.31. The van der Waals surface area contributed by atoms with E-state index in [0.717, 1.165) is 34.6 Å². The second-order valence-corrected chi connectivity index (χ2v) is 10.7. The van der Waals surface area contributed by atoms with Gasteiger partial charge in [0.2, 0.25) is 0 Å². The predicted octanol–water partition coefficient (Wildman–Crippen LogP) is 3.72. The van der Waals surface area contributed by atoms with Gasteiger partial charge in [-0.2, -0.15) is 0 Å². The number of ether oxygens (including phenoxy) is 2. The molecular formula is C23H28N2O6S2. The first-order chi connectivity index (χ1) is 15.6. The van der Waals surface area contributed by atoms with Crippen molar-refractivity contribution in [2.45, 2.75) is 53.1 Å². The number of hydrogen-bond donors (Lipinski definition) is 2. The fourth-order valence-corrected chi connectivity index (χ4v) is 5.68.